The van der Waals surface area contributed by atoms with E-state index in [-0.39, 0.29) is 21.6 Å². The summed E-state index contributed by atoms with van der Waals surface area (Å²) in [5.74, 6) is 2.65. The highest BCUT2D eigenvalue weighted by atomic mass is 32.1. The van der Waals surface area contributed by atoms with E-state index in [2.05, 4.69) is 15.2 Å². The molecule has 3 aromatic heterocycles. The van der Waals surface area contributed by atoms with Crippen LogP contribution in [0.5, 0.6) is 0 Å². The molecule has 2 unspecified atom stereocenters. The van der Waals surface area contributed by atoms with Crippen molar-refractivity contribution in [3.63, 3.8) is 0 Å². The Bertz CT molecular complexity index is 1060. The summed E-state index contributed by atoms with van der Waals surface area (Å²) in [5.41, 5.74) is 0.0752. The molecule has 0 amide bonds. The second-order valence-corrected chi connectivity index (χ2v) is 10.2. The molecule has 7 rings (SSSR count). The largest absolute Gasteiger partial charge is 0.339 e. The normalized spacial score (nSPS) is 32.7. The van der Waals surface area contributed by atoms with Gasteiger partial charge in [0.05, 0.1) is 15.3 Å². The van der Waals surface area contributed by atoms with E-state index in [1.54, 1.807) is 17.5 Å². The minimum Gasteiger partial charge on any atom is -0.339 e. The number of nitrogens with zero attached hydrogens (tertiary/aromatic N) is 5. The van der Waals surface area contributed by atoms with Gasteiger partial charge in [-0.05, 0) is 67.2 Å². The van der Waals surface area contributed by atoms with E-state index in [0.717, 1.165) is 30.6 Å². The second kappa shape index (κ2) is 5.98. The van der Waals surface area contributed by atoms with Crippen LogP contribution < -0.4 is 0 Å². The first-order chi connectivity index (χ1) is 14.0. The zero-order valence-corrected chi connectivity index (χ0v) is 16.7. The molecule has 3 heterocycles. The molecule has 3 aromatic rings. The van der Waals surface area contributed by atoms with Crippen molar-refractivity contribution in [1.29, 1.82) is 0 Å². The minimum atomic E-state index is -0.357. The Morgan fingerprint density at radius 3 is 2.83 bits per heavy atom. The quantitative estimate of drug-likeness (QED) is 0.454. The third-order valence-corrected chi connectivity index (χ3v) is 8.02. The van der Waals surface area contributed by atoms with Gasteiger partial charge >= 0.3 is 5.69 Å². The first-order valence-electron chi connectivity index (χ1n) is 10.1. The molecule has 0 N–H and O–H groups in total. The lowest BCUT2D eigenvalue weighted by Crippen LogP contribution is -2.57. The molecule has 4 aliphatic rings. The van der Waals surface area contributed by atoms with Crippen LogP contribution in [0.1, 0.15) is 44.4 Å². The summed E-state index contributed by atoms with van der Waals surface area (Å²) in [6.45, 7) is 0. The van der Waals surface area contributed by atoms with Crippen molar-refractivity contribution < 1.29 is 9.45 Å². The lowest BCUT2D eigenvalue weighted by Gasteiger charge is -2.61. The summed E-state index contributed by atoms with van der Waals surface area (Å²) in [5, 5.41) is 21.8. The minimum absolute atomic E-state index is 0.0762. The number of nitro groups is 1. The first kappa shape index (κ1) is 17.3. The third-order valence-electron chi connectivity index (χ3n) is 7.15. The van der Waals surface area contributed by atoms with Gasteiger partial charge in [0.25, 0.3) is 0 Å². The smallest absolute Gasteiger partial charge is 0.307 e. The highest BCUT2D eigenvalue weighted by Gasteiger charge is 2.59. The summed E-state index contributed by atoms with van der Waals surface area (Å²) in [6.07, 6.45) is 10.5. The molecular formula is C20H21N5O3S. The number of hydrogen-bond donors (Lipinski definition) is 0. The third kappa shape index (κ3) is 2.74. The molecule has 0 radical (unpaired) electrons. The van der Waals surface area contributed by atoms with Gasteiger partial charge < -0.3 is 4.52 Å². The van der Waals surface area contributed by atoms with Gasteiger partial charge in [0.15, 0.2) is 0 Å². The molecule has 0 aliphatic heterocycles. The molecular weight excluding hydrogens is 390 g/mol. The molecule has 8 nitrogen and oxygen atoms in total. The van der Waals surface area contributed by atoms with Crippen molar-refractivity contribution >= 4 is 17.0 Å². The Morgan fingerprint density at radius 1 is 1.31 bits per heavy atom. The molecule has 2 atom stereocenters. The fraction of sp³-hybridized carbons (Fsp3) is 0.550. The van der Waals surface area contributed by atoms with Crippen LogP contribution in [-0.2, 0) is 12.0 Å². The molecule has 4 saturated carbocycles. The lowest BCUT2D eigenvalue weighted by atomic mass is 9.46. The van der Waals surface area contributed by atoms with Gasteiger partial charge in [0, 0.05) is 6.42 Å². The van der Waals surface area contributed by atoms with E-state index in [1.807, 2.05) is 22.2 Å². The number of thiophene rings is 1. The van der Waals surface area contributed by atoms with Gasteiger partial charge in [-0.2, -0.15) is 10.1 Å². The fourth-order valence-electron chi connectivity index (χ4n) is 6.70. The van der Waals surface area contributed by atoms with E-state index < -0.39 is 0 Å². The highest BCUT2D eigenvalue weighted by Crippen LogP contribution is 2.65. The summed E-state index contributed by atoms with van der Waals surface area (Å²) in [6, 6.07) is 3.99. The van der Waals surface area contributed by atoms with Crippen molar-refractivity contribution in [1.82, 2.24) is 19.9 Å². The average molecular weight is 411 g/mol. The molecule has 4 bridgehead atoms. The molecule has 4 fully saturated rings. The topological polar surface area (TPSA) is 99.9 Å². The molecule has 9 heteroatoms. The van der Waals surface area contributed by atoms with Gasteiger partial charge in [-0.3, -0.25) is 14.8 Å². The van der Waals surface area contributed by atoms with E-state index in [1.165, 1.54) is 25.5 Å². The van der Waals surface area contributed by atoms with Crippen LogP contribution in [0.4, 0.5) is 5.69 Å². The van der Waals surface area contributed by atoms with E-state index in [9.17, 15) is 10.1 Å². The predicted molar refractivity (Wildman–Crippen MR) is 105 cm³/mol. The van der Waals surface area contributed by atoms with E-state index in [0.29, 0.717) is 23.6 Å². The van der Waals surface area contributed by atoms with Crippen LogP contribution >= 0.6 is 11.3 Å². The highest BCUT2D eigenvalue weighted by molar-refractivity contribution is 7.13. The van der Waals surface area contributed by atoms with Gasteiger partial charge in [-0.1, -0.05) is 11.2 Å². The van der Waals surface area contributed by atoms with Crippen LogP contribution in [0.15, 0.2) is 34.4 Å². The van der Waals surface area contributed by atoms with Crippen molar-refractivity contribution in [2.24, 2.45) is 17.3 Å². The fourth-order valence-corrected chi connectivity index (χ4v) is 7.35. The van der Waals surface area contributed by atoms with Crippen molar-refractivity contribution in [3.05, 3.63) is 45.9 Å². The monoisotopic (exact) mass is 411 g/mol. The molecule has 0 spiro atoms. The van der Waals surface area contributed by atoms with Gasteiger partial charge in [-0.25, -0.2) is 0 Å². The predicted octanol–water partition coefficient (Wildman–Crippen LogP) is 4.44. The molecule has 0 saturated heterocycles. The zero-order valence-electron chi connectivity index (χ0n) is 15.9. The Balaban J connectivity index is 1.31. The lowest BCUT2D eigenvalue weighted by molar-refractivity contribution is -0.385. The Labute approximate surface area is 171 Å². The summed E-state index contributed by atoms with van der Waals surface area (Å²) in [4.78, 5) is 16.5. The maximum Gasteiger partial charge on any atom is 0.307 e. The van der Waals surface area contributed by atoms with Gasteiger partial charge in [0.1, 0.15) is 12.4 Å². The van der Waals surface area contributed by atoms with Gasteiger partial charge in [-0.15, -0.1) is 11.3 Å². The Kier molecular flexibility index (Phi) is 3.57. The maximum atomic E-state index is 11.2. The van der Waals surface area contributed by atoms with Crippen LogP contribution in [0.25, 0.3) is 10.7 Å². The summed E-state index contributed by atoms with van der Waals surface area (Å²) in [7, 11) is 0. The number of rotatable bonds is 5. The van der Waals surface area contributed by atoms with Crippen LogP contribution in [0, 0.1) is 27.4 Å². The van der Waals surface area contributed by atoms with Crippen LogP contribution in [0.3, 0.4) is 0 Å². The second-order valence-electron chi connectivity index (χ2n) is 9.25. The van der Waals surface area contributed by atoms with E-state index >= 15 is 0 Å². The number of hydrogen-bond acceptors (Lipinski definition) is 7. The Hall–Kier alpha value is -2.55. The van der Waals surface area contributed by atoms with E-state index in [4.69, 9.17) is 4.52 Å². The molecule has 150 valence electrons. The van der Waals surface area contributed by atoms with Crippen molar-refractivity contribution in [3.8, 4) is 10.7 Å². The average Bonchev–Trinajstić information content (AvgIpc) is 3.41. The summed E-state index contributed by atoms with van der Waals surface area (Å²) >= 11 is 1.61. The Morgan fingerprint density at radius 2 is 2.14 bits per heavy atom. The standard InChI is InChI=1S/C20H21N5O3S/c26-25(27)15-10-21-24(11-15)20-7-13-4-14(8-20)6-19(5-13,12-20)9-17-22-18(23-28-17)16-2-1-3-29-16/h1-3,10-11,13-14H,4-9,12H2. The SMILES string of the molecule is O=[N+]([O-])c1cnn(C23CC4CC(CC(Cc5nc(-c6cccs6)no5)(C4)C2)C3)c1. The molecule has 4 aliphatic carbocycles. The zero-order chi connectivity index (χ0) is 19.6. The van der Waals surface area contributed by atoms with Crippen molar-refractivity contribution in [2.75, 3.05) is 0 Å². The molecule has 29 heavy (non-hydrogen) atoms. The van der Waals surface area contributed by atoms with Crippen molar-refractivity contribution in [2.45, 2.75) is 50.5 Å². The molecule has 0 aromatic carbocycles. The summed E-state index contributed by atoms with van der Waals surface area (Å²) < 4.78 is 7.54. The van der Waals surface area contributed by atoms with Crippen LogP contribution in [0.2, 0.25) is 0 Å². The maximum absolute atomic E-state index is 11.2. The van der Waals surface area contributed by atoms with Crippen LogP contribution in [-0.4, -0.2) is 24.8 Å². The van der Waals surface area contributed by atoms with Gasteiger partial charge in [0.2, 0.25) is 11.7 Å². The number of aromatic nitrogens is 4. The first-order valence-corrected chi connectivity index (χ1v) is 11.0.